The van der Waals surface area contributed by atoms with Gasteiger partial charge in [-0.15, -0.1) is 0 Å². The Balaban J connectivity index is 1.74. The van der Waals surface area contributed by atoms with Crippen LogP contribution >= 0.6 is 0 Å². The fraction of sp³-hybridized carbons (Fsp3) is 0.625. The molecule has 0 radical (unpaired) electrons. The smallest absolute Gasteiger partial charge is 0.0713 e. The molecule has 1 aromatic carbocycles. The minimum absolute atomic E-state index is 0.613. The van der Waals surface area contributed by atoms with E-state index < -0.39 is 0 Å². The molecule has 1 fully saturated rings. The summed E-state index contributed by atoms with van der Waals surface area (Å²) in [4.78, 5) is 4.86. The van der Waals surface area contributed by atoms with Crippen molar-refractivity contribution in [2.45, 2.75) is 19.2 Å². The Kier molecular flexibility index (Phi) is 5.98. The van der Waals surface area contributed by atoms with Crippen molar-refractivity contribution in [2.24, 2.45) is 0 Å². The van der Waals surface area contributed by atoms with Crippen LogP contribution in [0.25, 0.3) is 0 Å². The summed E-state index contributed by atoms with van der Waals surface area (Å²) in [5.41, 5.74) is 2.56. The van der Waals surface area contributed by atoms with Gasteiger partial charge in [-0.2, -0.15) is 0 Å². The number of ether oxygens (including phenoxy) is 1. The molecule has 1 heterocycles. The second-order valence-corrected chi connectivity index (χ2v) is 5.78. The van der Waals surface area contributed by atoms with E-state index in [1.54, 1.807) is 7.11 Å². The molecule has 0 amide bonds. The number of piperazine rings is 1. The number of benzene rings is 1. The molecule has 1 N–H and O–H groups in total. The van der Waals surface area contributed by atoms with Crippen molar-refractivity contribution in [3.05, 3.63) is 35.4 Å². The highest BCUT2D eigenvalue weighted by Crippen LogP contribution is 2.07. The zero-order valence-electron chi connectivity index (χ0n) is 12.9. The van der Waals surface area contributed by atoms with Gasteiger partial charge in [0.1, 0.15) is 0 Å². The van der Waals surface area contributed by atoms with Crippen LogP contribution in [0.1, 0.15) is 11.1 Å². The molecule has 1 aromatic rings. The Morgan fingerprint density at radius 1 is 1.15 bits per heavy atom. The average Bonchev–Trinajstić information content (AvgIpc) is 2.45. The Hall–Kier alpha value is -0.940. The largest absolute Gasteiger partial charge is 0.380 e. The minimum atomic E-state index is 0.613. The third kappa shape index (κ3) is 4.56. The Morgan fingerprint density at radius 2 is 1.85 bits per heavy atom. The summed E-state index contributed by atoms with van der Waals surface area (Å²) in [7, 11) is 6.15. The van der Waals surface area contributed by atoms with Crippen molar-refractivity contribution in [3.8, 4) is 0 Å². The van der Waals surface area contributed by atoms with E-state index in [1.165, 1.54) is 17.7 Å². The molecular weight excluding hydrogens is 250 g/mol. The third-order valence-corrected chi connectivity index (χ3v) is 4.02. The van der Waals surface area contributed by atoms with E-state index in [9.17, 15) is 0 Å². The number of methoxy groups -OCH3 is 1. The zero-order chi connectivity index (χ0) is 14.4. The van der Waals surface area contributed by atoms with Gasteiger partial charge in [0.2, 0.25) is 0 Å². The van der Waals surface area contributed by atoms with Gasteiger partial charge in [0, 0.05) is 45.9 Å². The summed E-state index contributed by atoms with van der Waals surface area (Å²) in [6, 6.07) is 9.25. The van der Waals surface area contributed by atoms with Crippen molar-refractivity contribution < 1.29 is 4.74 Å². The molecule has 0 aromatic heterocycles. The Bertz CT molecular complexity index is 393. The van der Waals surface area contributed by atoms with E-state index in [4.69, 9.17) is 4.74 Å². The maximum absolute atomic E-state index is 5.12. The van der Waals surface area contributed by atoms with Crippen LogP contribution in [0.4, 0.5) is 0 Å². The number of likely N-dealkylation sites (N-methyl/N-ethyl adjacent to an activating group) is 2. The Morgan fingerprint density at radius 3 is 2.55 bits per heavy atom. The molecule has 1 aliphatic heterocycles. The van der Waals surface area contributed by atoms with Crippen molar-refractivity contribution >= 4 is 0 Å². The summed E-state index contributed by atoms with van der Waals surface area (Å²) >= 11 is 0. The standard InChI is InChI=1S/C16H27N3O/c1-18-8-9-19(2)16(12-18)11-17-10-14-4-6-15(7-5-14)13-20-3/h4-7,16-17H,8-13H2,1-3H3. The monoisotopic (exact) mass is 277 g/mol. The fourth-order valence-electron chi connectivity index (χ4n) is 2.62. The summed E-state index contributed by atoms with van der Waals surface area (Å²) in [6.07, 6.45) is 0. The first-order chi connectivity index (χ1) is 9.69. The quantitative estimate of drug-likeness (QED) is 0.845. The molecule has 0 spiro atoms. The fourth-order valence-corrected chi connectivity index (χ4v) is 2.62. The van der Waals surface area contributed by atoms with Crippen molar-refractivity contribution in [1.82, 2.24) is 15.1 Å². The highest BCUT2D eigenvalue weighted by Gasteiger charge is 2.21. The lowest BCUT2D eigenvalue weighted by atomic mass is 10.1. The molecule has 1 aliphatic rings. The normalized spacial score (nSPS) is 21.2. The maximum Gasteiger partial charge on any atom is 0.0713 e. The summed E-state index contributed by atoms with van der Waals surface area (Å²) < 4.78 is 5.12. The van der Waals surface area contributed by atoms with E-state index in [1.807, 2.05) is 0 Å². The van der Waals surface area contributed by atoms with Crippen LogP contribution in [0, 0.1) is 0 Å². The first-order valence-corrected chi connectivity index (χ1v) is 7.35. The predicted octanol–water partition coefficient (Wildman–Crippen LogP) is 1.17. The average molecular weight is 277 g/mol. The van der Waals surface area contributed by atoms with Gasteiger partial charge in [0.05, 0.1) is 6.61 Å². The molecule has 0 bridgehead atoms. The van der Waals surface area contributed by atoms with Gasteiger partial charge in [0.25, 0.3) is 0 Å². The molecule has 2 rings (SSSR count). The summed E-state index contributed by atoms with van der Waals surface area (Å²) in [5.74, 6) is 0. The molecular formula is C16H27N3O. The zero-order valence-corrected chi connectivity index (χ0v) is 12.9. The Labute approximate surface area is 122 Å². The number of hydrogen-bond acceptors (Lipinski definition) is 4. The van der Waals surface area contributed by atoms with Gasteiger partial charge >= 0.3 is 0 Å². The van der Waals surface area contributed by atoms with E-state index in [0.29, 0.717) is 12.6 Å². The lowest BCUT2D eigenvalue weighted by Crippen LogP contribution is -2.53. The SMILES string of the molecule is COCc1ccc(CNCC2CN(C)CCN2C)cc1. The van der Waals surface area contributed by atoms with Gasteiger partial charge in [-0.3, -0.25) is 4.90 Å². The van der Waals surface area contributed by atoms with Crippen LogP contribution in [-0.2, 0) is 17.9 Å². The van der Waals surface area contributed by atoms with Crippen molar-refractivity contribution in [2.75, 3.05) is 47.4 Å². The lowest BCUT2D eigenvalue weighted by molar-refractivity contribution is 0.113. The number of nitrogens with one attached hydrogen (secondary N) is 1. The highest BCUT2D eigenvalue weighted by atomic mass is 16.5. The highest BCUT2D eigenvalue weighted by molar-refractivity contribution is 5.21. The molecule has 112 valence electrons. The maximum atomic E-state index is 5.12. The van der Waals surface area contributed by atoms with Crippen molar-refractivity contribution in [1.29, 1.82) is 0 Å². The summed E-state index contributed by atoms with van der Waals surface area (Å²) in [6.45, 7) is 6.15. The van der Waals surface area contributed by atoms with Gasteiger partial charge in [-0.25, -0.2) is 0 Å². The second kappa shape index (κ2) is 7.74. The predicted molar refractivity (Wildman–Crippen MR) is 82.8 cm³/mol. The number of rotatable bonds is 6. The summed E-state index contributed by atoms with van der Waals surface area (Å²) in [5, 5.41) is 3.57. The van der Waals surface area contributed by atoms with E-state index in [2.05, 4.69) is 53.5 Å². The molecule has 1 saturated heterocycles. The number of hydrogen-bond donors (Lipinski definition) is 1. The van der Waals surface area contributed by atoms with E-state index in [-0.39, 0.29) is 0 Å². The van der Waals surface area contributed by atoms with Gasteiger partial charge < -0.3 is 15.0 Å². The molecule has 4 nitrogen and oxygen atoms in total. The molecule has 1 unspecified atom stereocenters. The van der Waals surface area contributed by atoms with Crippen molar-refractivity contribution in [3.63, 3.8) is 0 Å². The van der Waals surface area contributed by atoms with Gasteiger partial charge in [-0.1, -0.05) is 24.3 Å². The molecule has 4 heteroatoms. The second-order valence-electron chi connectivity index (χ2n) is 5.78. The van der Waals surface area contributed by atoms with Crippen LogP contribution in [0.15, 0.2) is 24.3 Å². The molecule has 1 atom stereocenters. The van der Waals surface area contributed by atoms with Crippen LogP contribution in [0.5, 0.6) is 0 Å². The van der Waals surface area contributed by atoms with Crippen LogP contribution in [0.3, 0.4) is 0 Å². The first-order valence-electron chi connectivity index (χ1n) is 7.35. The first kappa shape index (κ1) is 15.4. The minimum Gasteiger partial charge on any atom is -0.380 e. The number of nitrogens with zero attached hydrogens (tertiary/aromatic N) is 2. The van der Waals surface area contributed by atoms with Gasteiger partial charge in [-0.05, 0) is 25.2 Å². The van der Waals surface area contributed by atoms with Crippen LogP contribution < -0.4 is 5.32 Å². The lowest BCUT2D eigenvalue weighted by Gasteiger charge is -2.37. The molecule has 0 saturated carbocycles. The van der Waals surface area contributed by atoms with E-state index in [0.717, 1.165) is 26.2 Å². The molecule has 20 heavy (non-hydrogen) atoms. The third-order valence-electron chi connectivity index (χ3n) is 4.02. The van der Waals surface area contributed by atoms with Gasteiger partial charge in [0.15, 0.2) is 0 Å². The van der Waals surface area contributed by atoms with Crippen LogP contribution in [0.2, 0.25) is 0 Å². The van der Waals surface area contributed by atoms with E-state index >= 15 is 0 Å². The topological polar surface area (TPSA) is 27.7 Å². The molecule has 0 aliphatic carbocycles. The van der Waals surface area contributed by atoms with Crippen LogP contribution in [-0.4, -0.2) is 63.2 Å².